The number of fused-ring (bicyclic) bond motifs is 1. The van der Waals surface area contributed by atoms with Gasteiger partial charge in [-0.1, -0.05) is 41.4 Å². The zero-order chi connectivity index (χ0) is 31.1. The highest BCUT2D eigenvalue weighted by Crippen LogP contribution is 2.33. The van der Waals surface area contributed by atoms with Crippen LogP contribution in [0.25, 0.3) is 5.69 Å². The van der Waals surface area contributed by atoms with E-state index in [4.69, 9.17) is 32.7 Å². The van der Waals surface area contributed by atoms with E-state index in [1.54, 1.807) is 44.3 Å². The van der Waals surface area contributed by atoms with Crippen LogP contribution in [-0.2, 0) is 26.6 Å². The Kier molecular flexibility index (Phi) is 8.06. The predicted octanol–water partition coefficient (Wildman–Crippen LogP) is 3.96. The molecule has 15 heteroatoms. The highest BCUT2D eigenvalue weighted by molar-refractivity contribution is 7.92. The van der Waals surface area contributed by atoms with E-state index >= 15 is 0 Å². The summed E-state index contributed by atoms with van der Waals surface area (Å²) < 4.78 is 42.3. The van der Waals surface area contributed by atoms with Crippen LogP contribution in [0, 0.1) is 6.92 Å². The van der Waals surface area contributed by atoms with Crippen molar-refractivity contribution in [1.29, 1.82) is 0 Å². The average molecular weight is 645 g/mol. The molecule has 0 bridgehead atoms. The lowest BCUT2D eigenvalue weighted by Gasteiger charge is -2.18. The molecule has 0 radical (unpaired) electrons. The molecule has 2 N–H and O–H groups in total. The van der Waals surface area contributed by atoms with Crippen LogP contribution in [0.5, 0.6) is 5.75 Å². The van der Waals surface area contributed by atoms with Gasteiger partial charge >= 0.3 is 5.97 Å². The largest absolute Gasteiger partial charge is 0.482 e. The second-order valence-electron chi connectivity index (χ2n) is 9.36. The summed E-state index contributed by atoms with van der Waals surface area (Å²) in [5.74, 6) is -1.65. The molecule has 0 aliphatic carbocycles. The molecule has 0 unspecified atom stereocenters. The van der Waals surface area contributed by atoms with Crippen molar-refractivity contribution in [3.63, 3.8) is 0 Å². The minimum Gasteiger partial charge on any atom is -0.482 e. The molecule has 1 aromatic heterocycles. The summed E-state index contributed by atoms with van der Waals surface area (Å²) in [5.41, 5.74) is 0.0745. The molecule has 0 spiro atoms. The van der Waals surface area contributed by atoms with E-state index in [0.717, 1.165) is 12.1 Å². The summed E-state index contributed by atoms with van der Waals surface area (Å²) in [4.78, 5) is 49.7. The smallest absolute Gasteiger partial charge is 0.338 e. The van der Waals surface area contributed by atoms with Crippen LogP contribution < -0.4 is 20.3 Å². The fourth-order valence-electron chi connectivity index (χ4n) is 4.31. The van der Waals surface area contributed by atoms with Gasteiger partial charge in [0.2, 0.25) is 0 Å². The van der Waals surface area contributed by atoms with Crippen LogP contribution in [-0.4, -0.2) is 48.7 Å². The van der Waals surface area contributed by atoms with Crippen LogP contribution in [0.4, 0.5) is 11.4 Å². The first kappa shape index (κ1) is 29.9. The summed E-state index contributed by atoms with van der Waals surface area (Å²) >= 11 is 12.4. The summed E-state index contributed by atoms with van der Waals surface area (Å²) in [7, 11) is -2.96. The zero-order valence-corrected chi connectivity index (χ0v) is 24.8. The number of nitrogens with one attached hydrogen (secondary N) is 2. The van der Waals surface area contributed by atoms with Crippen molar-refractivity contribution >= 4 is 62.3 Å². The number of hydrogen-bond acceptors (Lipinski definition) is 8. The molecular weight excluding hydrogens is 623 g/mol. The first-order chi connectivity index (χ1) is 20.4. The Morgan fingerprint density at radius 3 is 2.49 bits per heavy atom. The third kappa shape index (κ3) is 5.87. The van der Waals surface area contributed by atoms with E-state index in [1.807, 2.05) is 0 Å². The second kappa shape index (κ2) is 11.6. The lowest BCUT2D eigenvalue weighted by atomic mass is 10.1. The second-order valence-corrected chi connectivity index (χ2v) is 11.8. The van der Waals surface area contributed by atoms with Crippen molar-refractivity contribution in [3.8, 4) is 11.4 Å². The number of rotatable bonds is 8. The van der Waals surface area contributed by atoms with Gasteiger partial charge in [-0.2, -0.15) is 0 Å². The number of Topliss-reactive ketones (excluding diaryl/α,β-unsaturated/α-hetero) is 1. The molecule has 5 rings (SSSR count). The Morgan fingerprint density at radius 1 is 1.05 bits per heavy atom. The molecule has 1 amide bonds. The van der Waals surface area contributed by atoms with Crippen LogP contribution in [0.15, 0.2) is 70.4 Å². The number of benzene rings is 3. The number of carbonyl (C=O) groups is 3. The number of sulfonamides is 1. The number of para-hydroxylation sites is 1. The number of esters is 1. The Bertz CT molecular complexity index is 1970. The van der Waals surface area contributed by atoms with E-state index in [-0.39, 0.29) is 34.4 Å². The Labute approximate surface area is 254 Å². The normalized spacial score (nSPS) is 12.6. The Hall–Kier alpha value is -4.59. The van der Waals surface area contributed by atoms with Crippen molar-refractivity contribution in [1.82, 2.24) is 9.36 Å². The molecule has 0 saturated carbocycles. The number of hydrogen-bond donors (Lipinski definition) is 2. The van der Waals surface area contributed by atoms with Crippen LogP contribution >= 0.6 is 23.2 Å². The van der Waals surface area contributed by atoms with E-state index in [0.29, 0.717) is 22.8 Å². The number of carbonyl (C=O) groups excluding carboxylic acids is 3. The molecule has 4 aromatic rings. The molecule has 222 valence electrons. The molecule has 43 heavy (non-hydrogen) atoms. The van der Waals surface area contributed by atoms with E-state index in [1.165, 1.54) is 27.6 Å². The Balaban J connectivity index is 1.37. The standard InChI is InChI=1S/C28H22Cl2N4O8S/c1-15-26(27(37)34(33(15)2)18-6-4-3-5-7-18)32-43(39,40)23-12-17(10-19(29)25(23)30)28(38)42-13-21(35)16-8-9-22-20(11-16)31-24(36)14-41-22/h3-12,32H,13-14H2,1-2H3,(H,31,36). The number of nitrogens with zero attached hydrogens (tertiary/aromatic N) is 2. The number of anilines is 2. The van der Waals surface area contributed by atoms with Gasteiger partial charge in [-0.25, -0.2) is 17.9 Å². The molecule has 2 heterocycles. The SMILES string of the molecule is Cc1c(NS(=O)(=O)c2cc(C(=O)OCC(=O)c3ccc4c(c3)NC(=O)CO4)cc(Cl)c2Cl)c(=O)n(-c2ccccc2)n1C. The third-order valence-electron chi connectivity index (χ3n) is 6.58. The van der Waals surface area contributed by atoms with Gasteiger partial charge in [-0.15, -0.1) is 0 Å². The maximum absolute atomic E-state index is 13.4. The van der Waals surface area contributed by atoms with E-state index in [2.05, 4.69) is 10.0 Å². The highest BCUT2D eigenvalue weighted by Gasteiger charge is 2.27. The molecule has 1 aliphatic heterocycles. The van der Waals surface area contributed by atoms with Gasteiger partial charge in [0, 0.05) is 12.6 Å². The van der Waals surface area contributed by atoms with Gasteiger partial charge in [0.15, 0.2) is 19.0 Å². The first-order valence-electron chi connectivity index (χ1n) is 12.5. The van der Waals surface area contributed by atoms with Crippen molar-refractivity contribution in [2.75, 3.05) is 23.3 Å². The van der Waals surface area contributed by atoms with Gasteiger partial charge in [-0.05, 0) is 49.4 Å². The fraction of sp³-hybridized carbons (Fsp3) is 0.143. The third-order valence-corrected chi connectivity index (χ3v) is 8.87. The van der Waals surface area contributed by atoms with Crippen molar-refractivity contribution in [2.45, 2.75) is 11.8 Å². The van der Waals surface area contributed by atoms with Crippen molar-refractivity contribution in [3.05, 3.63) is 97.9 Å². The topological polar surface area (TPSA) is 155 Å². The molecule has 0 atom stereocenters. The molecule has 1 aliphatic rings. The summed E-state index contributed by atoms with van der Waals surface area (Å²) in [6, 6.07) is 15.0. The number of amides is 1. The molecule has 0 saturated heterocycles. The fourth-order valence-corrected chi connectivity index (χ4v) is 6.24. The summed E-state index contributed by atoms with van der Waals surface area (Å²) in [6.07, 6.45) is 0. The van der Waals surface area contributed by atoms with Crippen molar-refractivity contribution in [2.24, 2.45) is 7.05 Å². The maximum Gasteiger partial charge on any atom is 0.338 e. The molecular formula is C28H22Cl2N4O8S. The Morgan fingerprint density at radius 2 is 1.77 bits per heavy atom. The van der Waals surface area contributed by atoms with Gasteiger partial charge in [0.05, 0.1) is 32.7 Å². The maximum atomic E-state index is 13.4. The minimum atomic E-state index is -4.55. The number of halogens is 2. The van der Waals surface area contributed by atoms with Crippen molar-refractivity contribution < 1.29 is 32.3 Å². The van der Waals surface area contributed by atoms with Gasteiger partial charge in [0.1, 0.15) is 16.3 Å². The monoisotopic (exact) mass is 644 g/mol. The highest BCUT2D eigenvalue weighted by atomic mass is 35.5. The zero-order valence-electron chi connectivity index (χ0n) is 22.5. The van der Waals surface area contributed by atoms with E-state index < -0.39 is 43.9 Å². The lowest BCUT2D eigenvalue weighted by molar-refractivity contribution is -0.118. The molecule has 3 aromatic carbocycles. The number of aromatic nitrogens is 2. The predicted molar refractivity (Wildman–Crippen MR) is 158 cm³/mol. The van der Waals surface area contributed by atoms with Gasteiger partial charge < -0.3 is 14.8 Å². The number of ether oxygens (including phenoxy) is 2. The first-order valence-corrected chi connectivity index (χ1v) is 14.7. The van der Waals surface area contributed by atoms with Gasteiger partial charge in [0.25, 0.3) is 21.5 Å². The minimum absolute atomic E-state index is 0.137. The number of ketones is 1. The van der Waals surface area contributed by atoms with Crippen LogP contribution in [0.3, 0.4) is 0 Å². The quantitative estimate of drug-likeness (QED) is 0.216. The lowest BCUT2D eigenvalue weighted by Crippen LogP contribution is -2.25. The average Bonchev–Trinajstić information content (AvgIpc) is 3.19. The van der Waals surface area contributed by atoms with Crippen LogP contribution in [0.2, 0.25) is 10.0 Å². The van der Waals surface area contributed by atoms with Gasteiger partial charge in [-0.3, -0.25) is 23.8 Å². The summed E-state index contributed by atoms with van der Waals surface area (Å²) in [6.45, 7) is 0.711. The van der Waals surface area contributed by atoms with E-state index in [9.17, 15) is 27.6 Å². The molecule has 0 fully saturated rings. The van der Waals surface area contributed by atoms with Crippen LogP contribution in [0.1, 0.15) is 26.4 Å². The molecule has 12 nitrogen and oxygen atoms in total. The summed E-state index contributed by atoms with van der Waals surface area (Å²) in [5, 5.41) is 1.91.